The molecule has 0 aliphatic carbocycles. The van der Waals surface area contributed by atoms with Crippen molar-refractivity contribution in [3.63, 3.8) is 0 Å². The number of hydrogen-bond acceptors (Lipinski definition) is 3. The first-order valence-corrected chi connectivity index (χ1v) is 7.97. The second-order valence-electron chi connectivity index (χ2n) is 4.79. The van der Waals surface area contributed by atoms with E-state index in [1.165, 1.54) is 24.3 Å². The fourth-order valence-corrected chi connectivity index (χ4v) is 3.81. The lowest BCUT2D eigenvalue weighted by atomic mass is 9.96. The first-order valence-electron chi connectivity index (χ1n) is 6.30. The average Bonchev–Trinajstić information content (AvgIpc) is 2.99. The van der Waals surface area contributed by atoms with Crippen LogP contribution in [0.25, 0.3) is 10.6 Å². The van der Waals surface area contributed by atoms with Gasteiger partial charge in [0.15, 0.2) is 0 Å². The number of nitrogens with zero attached hydrogens (tertiary/aromatic N) is 1. The first kappa shape index (κ1) is 12.4. The quantitative estimate of drug-likeness (QED) is 0.907. The zero-order valence-electron chi connectivity index (χ0n) is 10.1. The monoisotopic (exact) mass is 325 g/mol. The van der Waals surface area contributed by atoms with Gasteiger partial charge in [-0.25, -0.2) is 4.98 Å². The molecule has 18 heavy (non-hydrogen) atoms. The largest absolute Gasteiger partial charge is 0.341 e. The van der Waals surface area contributed by atoms with Gasteiger partial charge < -0.3 is 10.3 Å². The summed E-state index contributed by atoms with van der Waals surface area (Å²) in [7, 11) is 0. The molecule has 3 nitrogen and oxygen atoms in total. The smallest absolute Gasteiger partial charge is 0.106 e. The molecule has 0 amide bonds. The maximum absolute atomic E-state index is 4.50. The van der Waals surface area contributed by atoms with Crippen LogP contribution in [0.2, 0.25) is 0 Å². The van der Waals surface area contributed by atoms with Crippen molar-refractivity contribution >= 4 is 27.3 Å². The van der Waals surface area contributed by atoms with Crippen LogP contribution in [0.15, 0.2) is 22.1 Å². The molecule has 5 heteroatoms. The van der Waals surface area contributed by atoms with E-state index in [0.717, 1.165) is 34.9 Å². The highest BCUT2D eigenvalue weighted by Crippen LogP contribution is 2.28. The molecular formula is C13H16BrN3S. The average molecular weight is 326 g/mol. The van der Waals surface area contributed by atoms with E-state index in [4.69, 9.17) is 0 Å². The van der Waals surface area contributed by atoms with Crippen molar-refractivity contribution in [2.45, 2.75) is 19.3 Å². The molecule has 2 aromatic heterocycles. The number of aromatic nitrogens is 2. The molecule has 0 saturated carbocycles. The van der Waals surface area contributed by atoms with E-state index in [0.29, 0.717) is 0 Å². The van der Waals surface area contributed by atoms with Crippen LogP contribution >= 0.6 is 27.3 Å². The summed E-state index contributed by atoms with van der Waals surface area (Å²) < 4.78 is 1.13. The Balaban J connectivity index is 1.69. The van der Waals surface area contributed by atoms with Gasteiger partial charge in [-0.05, 0) is 53.8 Å². The molecule has 1 aliphatic rings. The molecule has 3 rings (SSSR count). The second-order valence-corrected chi connectivity index (χ2v) is 6.62. The lowest BCUT2D eigenvalue weighted by molar-refractivity contribution is 0.371. The Labute approximate surface area is 119 Å². The SMILES string of the molecule is Brc1csc(-c2cnc(CC3CCCNC3)[nH]2)c1. The highest BCUT2D eigenvalue weighted by Gasteiger charge is 2.15. The molecule has 1 unspecified atom stereocenters. The normalized spacial score (nSPS) is 20.2. The minimum Gasteiger partial charge on any atom is -0.341 e. The summed E-state index contributed by atoms with van der Waals surface area (Å²) >= 11 is 5.22. The van der Waals surface area contributed by atoms with E-state index >= 15 is 0 Å². The molecule has 96 valence electrons. The van der Waals surface area contributed by atoms with Crippen molar-refractivity contribution in [1.82, 2.24) is 15.3 Å². The fourth-order valence-electron chi connectivity index (χ4n) is 2.42. The molecule has 0 bridgehead atoms. The van der Waals surface area contributed by atoms with Crippen molar-refractivity contribution in [3.8, 4) is 10.6 Å². The van der Waals surface area contributed by atoms with Crippen LogP contribution in [0.4, 0.5) is 0 Å². The third-order valence-electron chi connectivity index (χ3n) is 3.34. The van der Waals surface area contributed by atoms with Crippen LogP contribution in [0.5, 0.6) is 0 Å². The third kappa shape index (κ3) is 2.84. The van der Waals surface area contributed by atoms with Crippen LogP contribution in [0, 0.1) is 5.92 Å². The van der Waals surface area contributed by atoms with Gasteiger partial charge in [-0.3, -0.25) is 0 Å². The predicted molar refractivity (Wildman–Crippen MR) is 78.9 cm³/mol. The molecule has 0 radical (unpaired) electrons. The van der Waals surface area contributed by atoms with Crippen molar-refractivity contribution in [2.24, 2.45) is 5.92 Å². The first-order chi connectivity index (χ1) is 8.81. The molecule has 3 heterocycles. The third-order valence-corrected chi connectivity index (χ3v) is 5.07. The van der Waals surface area contributed by atoms with E-state index in [9.17, 15) is 0 Å². The summed E-state index contributed by atoms with van der Waals surface area (Å²) in [6.45, 7) is 2.30. The van der Waals surface area contributed by atoms with Gasteiger partial charge >= 0.3 is 0 Å². The molecule has 0 aromatic carbocycles. The topological polar surface area (TPSA) is 40.7 Å². The van der Waals surface area contributed by atoms with Crippen LogP contribution in [-0.4, -0.2) is 23.1 Å². The van der Waals surface area contributed by atoms with E-state index < -0.39 is 0 Å². The Morgan fingerprint density at radius 1 is 1.50 bits per heavy atom. The molecular weight excluding hydrogens is 310 g/mol. The number of imidazole rings is 1. The Morgan fingerprint density at radius 2 is 2.44 bits per heavy atom. The van der Waals surface area contributed by atoms with Crippen LogP contribution in [0.1, 0.15) is 18.7 Å². The second kappa shape index (κ2) is 5.55. The van der Waals surface area contributed by atoms with E-state index in [1.807, 2.05) is 6.20 Å². The molecule has 1 aliphatic heterocycles. The standard InChI is InChI=1S/C13H16BrN3S/c14-10-5-12(18-8-10)11-7-16-13(17-11)4-9-2-1-3-15-6-9/h5,7-9,15H,1-4,6H2,(H,16,17). The Bertz CT molecular complexity index is 514. The number of halogens is 1. The van der Waals surface area contributed by atoms with E-state index in [2.05, 4.69) is 42.7 Å². The van der Waals surface area contributed by atoms with Crippen molar-refractivity contribution in [3.05, 3.63) is 27.9 Å². The molecule has 1 atom stereocenters. The van der Waals surface area contributed by atoms with Crippen LogP contribution in [0.3, 0.4) is 0 Å². The minimum absolute atomic E-state index is 0.729. The van der Waals surface area contributed by atoms with Gasteiger partial charge in [0.2, 0.25) is 0 Å². The molecule has 2 aromatic rings. The molecule has 0 spiro atoms. The van der Waals surface area contributed by atoms with Gasteiger partial charge in [-0.2, -0.15) is 0 Å². The fraction of sp³-hybridized carbons (Fsp3) is 0.462. The highest BCUT2D eigenvalue weighted by atomic mass is 79.9. The van der Waals surface area contributed by atoms with Crippen LogP contribution in [-0.2, 0) is 6.42 Å². The van der Waals surface area contributed by atoms with Gasteiger partial charge in [-0.15, -0.1) is 11.3 Å². The minimum atomic E-state index is 0.729. The maximum atomic E-state index is 4.50. The van der Waals surface area contributed by atoms with Gasteiger partial charge in [0.1, 0.15) is 5.82 Å². The van der Waals surface area contributed by atoms with Gasteiger partial charge in [0.25, 0.3) is 0 Å². The van der Waals surface area contributed by atoms with Crippen molar-refractivity contribution in [2.75, 3.05) is 13.1 Å². The van der Waals surface area contributed by atoms with E-state index in [-0.39, 0.29) is 0 Å². The zero-order valence-corrected chi connectivity index (χ0v) is 12.5. The highest BCUT2D eigenvalue weighted by molar-refractivity contribution is 9.10. The lowest BCUT2D eigenvalue weighted by Gasteiger charge is -2.21. The number of hydrogen-bond donors (Lipinski definition) is 2. The van der Waals surface area contributed by atoms with E-state index in [1.54, 1.807) is 11.3 Å². The number of piperidine rings is 1. The molecule has 1 saturated heterocycles. The Hall–Kier alpha value is -0.650. The number of rotatable bonds is 3. The number of nitrogens with one attached hydrogen (secondary N) is 2. The number of aromatic amines is 1. The lowest BCUT2D eigenvalue weighted by Crippen LogP contribution is -2.31. The van der Waals surface area contributed by atoms with Gasteiger partial charge in [0.05, 0.1) is 16.8 Å². The Kier molecular flexibility index (Phi) is 3.82. The molecule has 2 N–H and O–H groups in total. The summed E-state index contributed by atoms with van der Waals surface area (Å²) in [4.78, 5) is 9.18. The van der Waals surface area contributed by atoms with Gasteiger partial charge in [-0.1, -0.05) is 0 Å². The molecule has 1 fully saturated rings. The van der Waals surface area contributed by atoms with Crippen molar-refractivity contribution < 1.29 is 0 Å². The summed E-state index contributed by atoms with van der Waals surface area (Å²) in [5.74, 6) is 1.84. The summed E-state index contributed by atoms with van der Waals surface area (Å²) in [5.41, 5.74) is 1.13. The number of thiophene rings is 1. The Morgan fingerprint density at radius 3 is 3.17 bits per heavy atom. The summed E-state index contributed by atoms with van der Waals surface area (Å²) in [5, 5.41) is 5.55. The maximum Gasteiger partial charge on any atom is 0.106 e. The van der Waals surface area contributed by atoms with Crippen molar-refractivity contribution in [1.29, 1.82) is 0 Å². The predicted octanol–water partition coefficient (Wildman–Crippen LogP) is 3.44. The zero-order chi connectivity index (χ0) is 12.4. The summed E-state index contributed by atoms with van der Waals surface area (Å²) in [6.07, 6.45) is 5.60. The van der Waals surface area contributed by atoms with Gasteiger partial charge in [0, 0.05) is 16.3 Å². The number of H-pyrrole nitrogens is 1. The summed E-state index contributed by atoms with van der Waals surface area (Å²) in [6, 6.07) is 2.13. The van der Waals surface area contributed by atoms with Crippen LogP contribution < -0.4 is 5.32 Å².